The summed E-state index contributed by atoms with van der Waals surface area (Å²) in [5.74, 6) is -0.723. The first-order valence-electron chi connectivity index (χ1n) is 4.02. The van der Waals surface area contributed by atoms with Gasteiger partial charge in [0.15, 0.2) is 0 Å². The number of hydrogen-bond donors (Lipinski definition) is 2. The number of carbonyl (C=O) groups excluding carboxylic acids is 1. The highest BCUT2D eigenvalue weighted by Crippen LogP contribution is 1.98. The van der Waals surface area contributed by atoms with Crippen LogP contribution in [0.15, 0.2) is 0 Å². The molecule has 1 atom stereocenters. The van der Waals surface area contributed by atoms with E-state index in [1.807, 2.05) is 6.07 Å². The fraction of sp³-hybridized carbons (Fsp3) is 0.625. The predicted octanol–water partition coefficient (Wildman–Crippen LogP) is 0.223. The maximum Gasteiger partial charge on any atom is 0.305 e. The number of thioether (sulfide) groups is 1. The van der Waals surface area contributed by atoms with Crippen molar-refractivity contribution >= 4 is 23.6 Å². The third-order valence-electron chi connectivity index (χ3n) is 1.29. The van der Waals surface area contributed by atoms with E-state index in [9.17, 15) is 9.59 Å². The quantitative estimate of drug-likeness (QED) is 0.620. The van der Waals surface area contributed by atoms with E-state index in [0.717, 1.165) is 0 Å². The van der Waals surface area contributed by atoms with E-state index < -0.39 is 5.97 Å². The van der Waals surface area contributed by atoms with E-state index in [4.69, 9.17) is 10.4 Å². The average Bonchev–Trinajstić information content (AvgIpc) is 2.02. The van der Waals surface area contributed by atoms with Crippen LogP contribution in [0.4, 0.5) is 0 Å². The number of rotatable bonds is 6. The van der Waals surface area contributed by atoms with E-state index >= 15 is 0 Å². The summed E-state index contributed by atoms with van der Waals surface area (Å²) in [6.45, 7) is 1.63. The second-order valence-corrected chi connectivity index (χ2v) is 3.70. The molecule has 0 rings (SSSR count). The molecule has 0 heterocycles. The van der Waals surface area contributed by atoms with Crippen molar-refractivity contribution < 1.29 is 14.7 Å². The molecular weight excluding hydrogens is 204 g/mol. The molecule has 0 bridgehead atoms. The van der Waals surface area contributed by atoms with Crippen molar-refractivity contribution in [2.45, 2.75) is 19.4 Å². The van der Waals surface area contributed by atoms with Gasteiger partial charge in [-0.1, -0.05) is 0 Å². The number of carboxylic acids is 1. The number of nitrogens with zero attached hydrogens (tertiary/aromatic N) is 1. The van der Waals surface area contributed by atoms with Crippen LogP contribution in [0.5, 0.6) is 0 Å². The van der Waals surface area contributed by atoms with Gasteiger partial charge in [0.05, 0.1) is 24.0 Å². The Morgan fingerprint density at radius 2 is 2.29 bits per heavy atom. The molecule has 0 spiro atoms. The Hall–Kier alpha value is -1.22. The van der Waals surface area contributed by atoms with Crippen molar-refractivity contribution in [2.75, 3.05) is 11.5 Å². The number of nitriles is 1. The zero-order valence-corrected chi connectivity index (χ0v) is 8.63. The number of hydrogen-bond acceptors (Lipinski definition) is 4. The normalized spacial score (nSPS) is 11.4. The lowest BCUT2D eigenvalue weighted by molar-refractivity contribution is -0.137. The minimum atomic E-state index is -0.942. The molecule has 0 aromatic rings. The molecule has 5 nitrogen and oxygen atoms in total. The lowest BCUT2D eigenvalue weighted by Gasteiger charge is -2.10. The van der Waals surface area contributed by atoms with Crippen LogP contribution >= 0.6 is 11.8 Å². The van der Waals surface area contributed by atoms with Crippen LogP contribution in [-0.2, 0) is 9.59 Å². The molecule has 2 N–H and O–H groups in total. The van der Waals surface area contributed by atoms with Crippen molar-refractivity contribution in [1.29, 1.82) is 5.26 Å². The van der Waals surface area contributed by atoms with Gasteiger partial charge in [-0.25, -0.2) is 0 Å². The van der Waals surface area contributed by atoms with Crippen molar-refractivity contribution in [1.82, 2.24) is 5.32 Å². The first-order valence-corrected chi connectivity index (χ1v) is 5.17. The minimum absolute atomic E-state index is 0.0886. The summed E-state index contributed by atoms with van der Waals surface area (Å²) in [7, 11) is 0. The number of nitrogens with one attached hydrogen (secondary N) is 1. The van der Waals surface area contributed by atoms with Crippen LogP contribution in [0.25, 0.3) is 0 Å². The van der Waals surface area contributed by atoms with E-state index in [0.29, 0.717) is 0 Å². The zero-order valence-electron chi connectivity index (χ0n) is 7.82. The van der Waals surface area contributed by atoms with Gasteiger partial charge >= 0.3 is 5.97 Å². The van der Waals surface area contributed by atoms with Crippen LogP contribution in [0, 0.1) is 11.3 Å². The van der Waals surface area contributed by atoms with Crippen molar-refractivity contribution in [3.05, 3.63) is 0 Å². The Bertz CT molecular complexity index is 249. The highest BCUT2D eigenvalue weighted by Gasteiger charge is 2.10. The lowest BCUT2D eigenvalue weighted by atomic mass is 10.2. The van der Waals surface area contributed by atoms with Crippen molar-refractivity contribution in [3.63, 3.8) is 0 Å². The van der Waals surface area contributed by atoms with Crippen LogP contribution < -0.4 is 5.32 Å². The summed E-state index contributed by atoms with van der Waals surface area (Å²) >= 11 is 1.20. The molecule has 0 saturated carbocycles. The van der Waals surface area contributed by atoms with Gasteiger partial charge in [0, 0.05) is 6.04 Å². The Kier molecular flexibility index (Phi) is 6.58. The van der Waals surface area contributed by atoms with Gasteiger partial charge in [0.2, 0.25) is 5.91 Å². The molecule has 1 unspecified atom stereocenters. The third-order valence-corrected chi connectivity index (χ3v) is 2.09. The minimum Gasteiger partial charge on any atom is -0.481 e. The monoisotopic (exact) mass is 216 g/mol. The molecule has 14 heavy (non-hydrogen) atoms. The molecule has 6 heteroatoms. The molecule has 0 aliphatic heterocycles. The molecule has 0 aromatic heterocycles. The lowest BCUT2D eigenvalue weighted by Crippen LogP contribution is -2.35. The zero-order chi connectivity index (χ0) is 11.0. The van der Waals surface area contributed by atoms with Crippen LogP contribution in [-0.4, -0.2) is 34.5 Å². The van der Waals surface area contributed by atoms with Gasteiger partial charge in [-0.2, -0.15) is 5.26 Å². The maximum atomic E-state index is 11.1. The van der Waals surface area contributed by atoms with Crippen LogP contribution in [0.3, 0.4) is 0 Å². The van der Waals surface area contributed by atoms with E-state index in [1.54, 1.807) is 6.92 Å². The number of carboxylic acid groups (broad SMARTS) is 1. The van der Waals surface area contributed by atoms with E-state index in [-0.39, 0.29) is 29.9 Å². The molecule has 0 aromatic carbocycles. The van der Waals surface area contributed by atoms with Crippen molar-refractivity contribution in [3.8, 4) is 6.07 Å². The summed E-state index contributed by atoms with van der Waals surface area (Å²) in [6, 6.07) is 1.52. The van der Waals surface area contributed by atoms with Gasteiger partial charge < -0.3 is 10.4 Å². The fourth-order valence-electron chi connectivity index (χ4n) is 0.819. The maximum absolute atomic E-state index is 11.1. The molecular formula is C8H12N2O3S. The smallest absolute Gasteiger partial charge is 0.305 e. The van der Waals surface area contributed by atoms with Gasteiger partial charge in [-0.3, -0.25) is 9.59 Å². The first-order chi connectivity index (χ1) is 6.56. The standard InChI is InChI=1S/C8H12N2O3S/c1-6(4-8(12)13)10-7(11)5-14-3-2-9/h6H,3-5H2,1H3,(H,10,11)(H,12,13). The summed E-state index contributed by atoms with van der Waals surface area (Å²) in [5.41, 5.74) is 0. The Labute approximate surface area is 86.5 Å². The van der Waals surface area contributed by atoms with Gasteiger partial charge in [0.25, 0.3) is 0 Å². The molecule has 0 aliphatic rings. The van der Waals surface area contributed by atoms with Gasteiger partial charge in [0.1, 0.15) is 0 Å². The Morgan fingerprint density at radius 1 is 1.64 bits per heavy atom. The number of aliphatic carboxylic acids is 1. The summed E-state index contributed by atoms with van der Waals surface area (Å²) in [6.07, 6.45) is -0.0886. The molecule has 0 saturated heterocycles. The topological polar surface area (TPSA) is 90.2 Å². The third kappa shape index (κ3) is 7.43. The number of carbonyl (C=O) groups is 2. The van der Waals surface area contributed by atoms with Crippen LogP contribution in [0.2, 0.25) is 0 Å². The highest BCUT2D eigenvalue weighted by molar-refractivity contribution is 8.00. The second kappa shape index (κ2) is 7.21. The SMILES string of the molecule is CC(CC(=O)O)NC(=O)CSCC#N. The van der Waals surface area contributed by atoms with Gasteiger partial charge in [-0.05, 0) is 6.92 Å². The number of amides is 1. The fourth-order valence-corrected chi connectivity index (χ4v) is 1.28. The largest absolute Gasteiger partial charge is 0.481 e. The van der Waals surface area contributed by atoms with E-state index in [2.05, 4.69) is 5.32 Å². The van der Waals surface area contributed by atoms with Gasteiger partial charge in [-0.15, -0.1) is 11.8 Å². The average molecular weight is 216 g/mol. The van der Waals surface area contributed by atoms with E-state index in [1.165, 1.54) is 11.8 Å². The predicted molar refractivity (Wildman–Crippen MR) is 52.8 cm³/mol. The molecule has 0 radical (unpaired) electrons. The molecule has 78 valence electrons. The van der Waals surface area contributed by atoms with Crippen molar-refractivity contribution in [2.24, 2.45) is 0 Å². The molecule has 0 aliphatic carbocycles. The summed E-state index contributed by atoms with van der Waals surface area (Å²) in [4.78, 5) is 21.3. The Balaban J connectivity index is 3.61. The molecule has 1 amide bonds. The van der Waals surface area contributed by atoms with Crippen LogP contribution in [0.1, 0.15) is 13.3 Å². The second-order valence-electron chi connectivity index (χ2n) is 2.72. The summed E-state index contributed by atoms with van der Waals surface area (Å²) in [5, 5.41) is 19.1. The highest BCUT2D eigenvalue weighted by atomic mass is 32.2. The molecule has 0 fully saturated rings. The Morgan fingerprint density at radius 3 is 2.79 bits per heavy atom. The summed E-state index contributed by atoms with van der Waals surface area (Å²) < 4.78 is 0. The first kappa shape index (κ1) is 12.8.